The molecule has 3 rings (SSSR count). The number of nitrogens with zero attached hydrogens (tertiary/aromatic N) is 1. The first-order chi connectivity index (χ1) is 10.8. The van der Waals surface area contributed by atoms with Gasteiger partial charge in [-0.25, -0.2) is 13.2 Å². The molecule has 1 aliphatic rings. The van der Waals surface area contributed by atoms with Gasteiger partial charge in [0.1, 0.15) is 0 Å². The zero-order valence-electron chi connectivity index (χ0n) is 12.2. The van der Waals surface area contributed by atoms with Gasteiger partial charge in [-0.3, -0.25) is 4.31 Å². The summed E-state index contributed by atoms with van der Waals surface area (Å²) in [7, 11) is -3.86. The first kappa shape index (κ1) is 15.8. The lowest BCUT2D eigenvalue weighted by Crippen LogP contribution is -2.35. The molecular weight excluding hydrogens is 338 g/mol. The number of aromatic carboxylic acids is 1. The van der Waals surface area contributed by atoms with Crippen LogP contribution >= 0.6 is 11.6 Å². The lowest BCUT2D eigenvalue weighted by atomic mass is 10.1. The van der Waals surface area contributed by atoms with Gasteiger partial charge in [-0.1, -0.05) is 29.8 Å². The van der Waals surface area contributed by atoms with Crippen LogP contribution in [-0.4, -0.2) is 25.5 Å². The Labute approximate surface area is 139 Å². The molecule has 0 spiro atoms. The van der Waals surface area contributed by atoms with Crippen molar-refractivity contribution in [2.45, 2.75) is 24.3 Å². The standard InChI is InChI=1S/C16H14ClNO4S/c1-10-8-11-4-2-3-5-15(11)18(10)23(21,22)12-6-7-14(17)13(9-12)16(19)20/h2-7,9-10H,8H2,1H3,(H,19,20)/t10-/m0/s1. The smallest absolute Gasteiger partial charge is 0.337 e. The number of hydrogen-bond donors (Lipinski definition) is 1. The molecule has 1 heterocycles. The number of para-hydroxylation sites is 1. The van der Waals surface area contributed by atoms with Crippen LogP contribution in [0.3, 0.4) is 0 Å². The molecule has 0 radical (unpaired) electrons. The Kier molecular flexibility index (Phi) is 3.82. The Bertz CT molecular complexity index is 895. The summed E-state index contributed by atoms with van der Waals surface area (Å²) in [4.78, 5) is 11.1. The maximum Gasteiger partial charge on any atom is 0.337 e. The molecule has 0 aromatic heterocycles. The lowest BCUT2D eigenvalue weighted by Gasteiger charge is -2.24. The van der Waals surface area contributed by atoms with Gasteiger partial charge >= 0.3 is 5.97 Å². The zero-order chi connectivity index (χ0) is 16.8. The minimum atomic E-state index is -3.86. The fourth-order valence-electron chi connectivity index (χ4n) is 2.85. The largest absolute Gasteiger partial charge is 0.478 e. The van der Waals surface area contributed by atoms with Gasteiger partial charge in [0.05, 0.1) is 21.2 Å². The summed E-state index contributed by atoms with van der Waals surface area (Å²) in [5.74, 6) is -1.26. The summed E-state index contributed by atoms with van der Waals surface area (Å²) in [6.07, 6.45) is 0.620. The van der Waals surface area contributed by atoms with Crippen LogP contribution < -0.4 is 4.31 Å². The van der Waals surface area contributed by atoms with Crippen molar-refractivity contribution in [1.29, 1.82) is 0 Å². The Hall–Kier alpha value is -2.05. The molecule has 23 heavy (non-hydrogen) atoms. The van der Waals surface area contributed by atoms with Gasteiger partial charge in [-0.15, -0.1) is 0 Å². The Morgan fingerprint density at radius 1 is 1.26 bits per heavy atom. The number of anilines is 1. The number of benzene rings is 2. The molecule has 0 saturated heterocycles. The molecule has 120 valence electrons. The molecule has 0 fully saturated rings. The number of carbonyl (C=O) groups is 1. The van der Waals surface area contributed by atoms with Crippen molar-refractivity contribution in [3.05, 3.63) is 58.6 Å². The predicted molar refractivity (Wildman–Crippen MR) is 87.7 cm³/mol. The van der Waals surface area contributed by atoms with E-state index in [2.05, 4.69) is 0 Å². The number of sulfonamides is 1. The minimum absolute atomic E-state index is 0.00585. The van der Waals surface area contributed by atoms with Crippen molar-refractivity contribution in [2.24, 2.45) is 0 Å². The fraction of sp³-hybridized carbons (Fsp3) is 0.188. The summed E-state index contributed by atoms with van der Waals surface area (Å²) in [6, 6.07) is 10.8. The molecule has 1 aliphatic heterocycles. The fourth-order valence-corrected chi connectivity index (χ4v) is 4.76. The van der Waals surface area contributed by atoms with Crippen molar-refractivity contribution >= 4 is 33.3 Å². The van der Waals surface area contributed by atoms with Crippen LogP contribution in [0.5, 0.6) is 0 Å². The van der Waals surface area contributed by atoms with Gasteiger partial charge in [0, 0.05) is 6.04 Å². The van der Waals surface area contributed by atoms with Gasteiger partial charge < -0.3 is 5.11 Å². The highest BCUT2D eigenvalue weighted by atomic mass is 35.5. The first-order valence-electron chi connectivity index (χ1n) is 6.97. The van der Waals surface area contributed by atoms with Crippen LogP contribution in [0.2, 0.25) is 5.02 Å². The second-order valence-electron chi connectivity index (χ2n) is 5.43. The van der Waals surface area contributed by atoms with E-state index in [0.717, 1.165) is 11.6 Å². The molecule has 7 heteroatoms. The molecule has 5 nitrogen and oxygen atoms in total. The van der Waals surface area contributed by atoms with Gasteiger partial charge in [-0.05, 0) is 43.2 Å². The topological polar surface area (TPSA) is 74.7 Å². The third kappa shape index (κ3) is 2.58. The van der Waals surface area contributed by atoms with Crippen LogP contribution in [0.25, 0.3) is 0 Å². The van der Waals surface area contributed by atoms with Crippen molar-refractivity contribution < 1.29 is 18.3 Å². The van der Waals surface area contributed by atoms with E-state index >= 15 is 0 Å². The van der Waals surface area contributed by atoms with E-state index in [0.29, 0.717) is 12.1 Å². The van der Waals surface area contributed by atoms with Crippen LogP contribution in [0.4, 0.5) is 5.69 Å². The van der Waals surface area contributed by atoms with Crippen LogP contribution in [-0.2, 0) is 16.4 Å². The van der Waals surface area contributed by atoms with E-state index in [1.807, 2.05) is 19.1 Å². The van der Waals surface area contributed by atoms with Crippen LogP contribution in [0, 0.1) is 0 Å². The van der Waals surface area contributed by atoms with Crippen molar-refractivity contribution in [1.82, 2.24) is 0 Å². The van der Waals surface area contributed by atoms with E-state index in [-0.39, 0.29) is 21.5 Å². The second-order valence-corrected chi connectivity index (χ2v) is 7.65. The SMILES string of the molecule is C[C@H]1Cc2ccccc2N1S(=O)(=O)c1ccc(Cl)c(C(=O)O)c1. The Morgan fingerprint density at radius 2 is 1.96 bits per heavy atom. The summed E-state index contributed by atoms with van der Waals surface area (Å²) in [5, 5.41) is 9.14. The summed E-state index contributed by atoms with van der Waals surface area (Å²) in [5.41, 5.74) is 1.36. The third-order valence-electron chi connectivity index (χ3n) is 3.87. The van der Waals surface area contributed by atoms with E-state index in [4.69, 9.17) is 16.7 Å². The van der Waals surface area contributed by atoms with E-state index in [1.54, 1.807) is 12.1 Å². The molecule has 2 aromatic rings. The van der Waals surface area contributed by atoms with Crippen molar-refractivity contribution in [3.8, 4) is 0 Å². The van der Waals surface area contributed by atoms with E-state index in [9.17, 15) is 13.2 Å². The molecule has 0 saturated carbocycles. The predicted octanol–water partition coefficient (Wildman–Crippen LogP) is 3.18. The average Bonchev–Trinajstić information content (AvgIpc) is 2.83. The lowest BCUT2D eigenvalue weighted by molar-refractivity contribution is 0.0697. The molecule has 0 amide bonds. The highest BCUT2D eigenvalue weighted by Gasteiger charge is 2.36. The maximum absolute atomic E-state index is 13.0. The number of carboxylic acid groups (broad SMARTS) is 1. The molecule has 0 bridgehead atoms. The van der Waals surface area contributed by atoms with Crippen molar-refractivity contribution in [2.75, 3.05) is 4.31 Å². The number of rotatable bonds is 3. The Morgan fingerprint density at radius 3 is 2.65 bits per heavy atom. The summed E-state index contributed by atoms with van der Waals surface area (Å²) in [6.45, 7) is 1.82. The Balaban J connectivity index is 2.13. The molecule has 1 N–H and O–H groups in total. The van der Waals surface area contributed by atoms with E-state index in [1.165, 1.54) is 16.4 Å². The van der Waals surface area contributed by atoms with Crippen LogP contribution in [0.1, 0.15) is 22.8 Å². The number of carboxylic acids is 1. The average molecular weight is 352 g/mol. The monoisotopic (exact) mass is 351 g/mol. The van der Waals surface area contributed by atoms with Gasteiger partial charge in [0.2, 0.25) is 0 Å². The molecule has 2 aromatic carbocycles. The van der Waals surface area contributed by atoms with Gasteiger partial charge in [-0.2, -0.15) is 0 Å². The molecule has 0 aliphatic carbocycles. The number of fused-ring (bicyclic) bond motifs is 1. The number of halogens is 1. The van der Waals surface area contributed by atoms with Crippen molar-refractivity contribution in [3.63, 3.8) is 0 Å². The summed E-state index contributed by atoms with van der Waals surface area (Å²) >= 11 is 5.82. The highest BCUT2D eigenvalue weighted by Crippen LogP contribution is 2.37. The maximum atomic E-state index is 13.0. The van der Waals surface area contributed by atoms with E-state index < -0.39 is 16.0 Å². The summed E-state index contributed by atoms with van der Waals surface area (Å²) < 4.78 is 27.3. The minimum Gasteiger partial charge on any atom is -0.478 e. The molecule has 0 unspecified atom stereocenters. The highest BCUT2D eigenvalue weighted by molar-refractivity contribution is 7.92. The normalized spacial score (nSPS) is 17.1. The van der Waals surface area contributed by atoms with Gasteiger partial charge in [0.15, 0.2) is 0 Å². The molecular formula is C16H14ClNO4S. The number of hydrogen-bond acceptors (Lipinski definition) is 3. The first-order valence-corrected chi connectivity index (χ1v) is 8.79. The molecule has 1 atom stereocenters. The second kappa shape index (κ2) is 5.54. The zero-order valence-corrected chi connectivity index (χ0v) is 13.8. The third-order valence-corrected chi connectivity index (χ3v) is 6.12. The van der Waals surface area contributed by atoms with Gasteiger partial charge in [0.25, 0.3) is 10.0 Å². The quantitative estimate of drug-likeness (QED) is 0.921. The van der Waals surface area contributed by atoms with Crippen LogP contribution in [0.15, 0.2) is 47.4 Å².